The summed E-state index contributed by atoms with van der Waals surface area (Å²) in [6.45, 7) is 0.871. The van der Waals surface area contributed by atoms with Crippen LogP contribution < -0.4 is 9.47 Å². The van der Waals surface area contributed by atoms with Crippen LogP contribution in [0.15, 0.2) is 18.2 Å². The lowest BCUT2D eigenvalue weighted by atomic mass is 10.1. The second kappa shape index (κ2) is 4.82. The average molecular weight is 301 g/mol. The summed E-state index contributed by atoms with van der Waals surface area (Å²) < 4.78 is 48.4. The van der Waals surface area contributed by atoms with Crippen molar-refractivity contribution in [2.24, 2.45) is 0 Å². The fourth-order valence-electron chi connectivity index (χ4n) is 2.68. The van der Waals surface area contributed by atoms with Crippen LogP contribution in [0.3, 0.4) is 0 Å². The highest BCUT2D eigenvalue weighted by Gasteiger charge is 2.51. The molecule has 1 heterocycles. The van der Waals surface area contributed by atoms with Crippen molar-refractivity contribution in [3.05, 3.63) is 23.8 Å². The van der Waals surface area contributed by atoms with E-state index in [1.54, 1.807) is 12.1 Å². The molecule has 1 saturated carbocycles. The first-order valence-electron chi connectivity index (χ1n) is 6.62. The van der Waals surface area contributed by atoms with Gasteiger partial charge in [0.05, 0.1) is 0 Å². The van der Waals surface area contributed by atoms with Gasteiger partial charge >= 0.3 is 12.1 Å². The van der Waals surface area contributed by atoms with Gasteiger partial charge in [-0.2, -0.15) is 13.2 Å². The molecule has 0 bridgehead atoms. The molecular formula is C14H14F3NO3. The van der Waals surface area contributed by atoms with Gasteiger partial charge in [-0.05, 0) is 12.5 Å². The number of alkyl halides is 3. The number of ether oxygens (including phenoxy) is 2. The summed E-state index contributed by atoms with van der Waals surface area (Å²) >= 11 is 0. The third-order valence-corrected chi connectivity index (χ3v) is 3.81. The summed E-state index contributed by atoms with van der Waals surface area (Å²) in [7, 11) is 1.19. The zero-order valence-electron chi connectivity index (χ0n) is 11.3. The number of carbonyl (C=O) groups is 1. The van der Waals surface area contributed by atoms with Crippen molar-refractivity contribution >= 4 is 5.91 Å². The molecule has 0 spiro atoms. The maximum Gasteiger partial charge on any atom is 0.471 e. The van der Waals surface area contributed by atoms with Crippen LogP contribution in [-0.2, 0) is 4.79 Å². The van der Waals surface area contributed by atoms with Gasteiger partial charge < -0.3 is 14.4 Å². The van der Waals surface area contributed by atoms with E-state index in [1.807, 2.05) is 6.07 Å². The number of para-hydroxylation sites is 1. The lowest BCUT2D eigenvalue weighted by Crippen LogP contribution is -2.40. The van der Waals surface area contributed by atoms with Gasteiger partial charge in [0.15, 0.2) is 11.5 Å². The fourth-order valence-corrected chi connectivity index (χ4v) is 2.68. The summed E-state index contributed by atoms with van der Waals surface area (Å²) in [5.74, 6) is -0.756. The molecule has 1 fully saturated rings. The number of fused-ring (bicyclic) bond motifs is 1. The molecule has 2 atom stereocenters. The van der Waals surface area contributed by atoms with E-state index in [2.05, 4.69) is 0 Å². The molecule has 0 radical (unpaired) electrons. The Kier molecular flexibility index (Phi) is 3.22. The van der Waals surface area contributed by atoms with E-state index in [4.69, 9.17) is 9.47 Å². The molecular weight excluding hydrogens is 287 g/mol. The Morgan fingerprint density at radius 2 is 2.00 bits per heavy atom. The van der Waals surface area contributed by atoms with Crippen molar-refractivity contribution in [3.63, 3.8) is 0 Å². The van der Waals surface area contributed by atoms with E-state index in [-0.39, 0.29) is 5.92 Å². The smallest absolute Gasteiger partial charge is 0.471 e. The van der Waals surface area contributed by atoms with Crippen LogP contribution in [0.5, 0.6) is 11.5 Å². The number of carbonyl (C=O) groups excluding carboxylic acids is 1. The highest BCUT2D eigenvalue weighted by atomic mass is 19.4. The van der Waals surface area contributed by atoms with Crippen molar-refractivity contribution in [1.29, 1.82) is 0 Å². The quantitative estimate of drug-likeness (QED) is 0.841. The van der Waals surface area contributed by atoms with Crippen LogP contribution in [0.25, 0.3) is 0 Å². The predicted octanol–water partition coefficient (Wildman–Crippen LogP) is 2.33. The van der Waals surface area contributed by atoms with Crippen LogP contribution in [0, 0.1) is 0 Å². The monoisotopic (exact) mass is 301 g/mol. The van der Waals surface area contributed by atoms with Crippen LogP contribution in [0.1, 0.15) is 17.9 Å². The predicted molar refractivity (Wildman–Crippen MR) is 67.4 cm³/mol. The Morgan fingerprint density at radius 1 is 1.29 bits per heavy atom. The number of hydrogen-bond donors (Lipinski definition) is 0. The zero-order valence-corrected chi connectivity index (χ0v) is 11.3. The average Bonchev–Trinajstić information content (AvgIpc) is 3.24. The molecule has 114 valence electrons. The molecule has 21 heavy (non-hydrogen) atoms. The van der Waals surface area contributed by atoms with E-state index < -0.39 is 18.1 Å². The molecule has 1 amide bonds. The maximum atomic E-state index is 12.5. The zero-order chi connectivity index (χ0) is 15.2. The van der Waals surface area contributed by atoms with Gasteiger partial charge in [0.1, 0.15) is 13.2 Å². The standard InChI is InChI=1S/C14H14F3NO3/c1-18(13(19)14(15,16)17)10-7-9(10)8-3-2-4-11-12(8)21-6-5-20-11/h2-4,9-10H,5-7H2,1H3. The number of nitrogens with zero attached hydrogens (tertiary/aromatic N) is 1. The Balaban J connectivity index is 1.78. The Hall–Kier alpha value is -1.92. The number of amides is 1. The molecule has 0 saturated heterocycles. The molecule has 1 aromatic carbocycles. The fraction of sp³-hybridized carbons (Fsp3) is 0.500. The molecule has 2 aliphatic rings. The first-order chi connectivity index (χ1) is 9.89. The molecule has 1 aliphatic carbocycles. The maximum absolute atomic E-state index is 12.5. The van der Waals surface area contributed by atoms with Gasteiger partial charge in [0.25, 0.3) is 0 Å². The molecule has 0 aromatic heterocycles. The number of rotatable bonds is 2. The van der Waals surface area contributed by atoms with Crippen molar-refractivity contribution in [2.45, 2.75) is 24.6 Å². The number of benzene rings is 1. The van der Waals surface area contributed by atoms with Crippen LogP contribution in [0.2, 0.25) is 0 Å². The Morgan fingerprint density at radius 3 is 2.71 bits per heavy atom. The van der Waals surface area contributed by atoms with Crippen molar-refractivity contribution in [1.82, 2.24) is 4.90 Å². The first kappa shape index (κ1) is 14.0. The third-order valence-electron chi connectivity index (χ3n) is 3.81. The lowest BCUT2D eigenvalue weighted by molar-refractivity contribution is -0.184. The molecule has 1 aromatic rings. The van der Waals surface area contributed by atoms with Gasteiger partial charge in [-0.1, -0.05) is 12.1 Å². The largest absolute Gasteiger partial charge is 0.486 e. The summed E-state index contributed by atoms with van der Waals surface area (Å²) in [5, 5.41) is 0. The van der Waals surface area contributed by atoms with Gasteiger partial charge in [0.2, 0.25) is 0 Å². The van der Waals surface area contributed by atoms with Gasteiger partial charge in [-0.3, -0.25) is 4.79 Å². The summed E-state index contributed by atoms with van der Waals surface area (Å²) in [6.07, 6.45) is -4.34. The van der Waals surface area contributed by atoms with Gasteiger partial charge in [-0.25, -0.2) is 0 Å². The van der Waals surface area contributed by atoms with E-state index in [0.717, 1.165) is 10.5 Å². The van der Waals surface area contributed by atoms with E-state index in [9.17, 15) is 18.0 Å². The summed E-state index contributed by atoms with van der Waals surface area (Å²) in [4.78, 5) is 12.0. The highest BCUT2D eigenvalue weighted by Crippen LogP contribution is 2.50. The van der Waals surface area contributed by atoms with Crippen LogP contribution >= 0.6 is 0 Å². The lowest BCUT2D eigenvalue weighted by Gasteiger charge is -2.22. The second-order valence-corrected chi connectivity index (χ2v) is 5.19. The van der Waals surface area contributed by atoms with E-state index in [1.165, 1.54) is 7.05 Å². The van der Waals surface area contributed by atoms with Crippen LogP contribution in [0.4, 0.5) is 13.2 Å². The molecule has 3 rings (SSSR count). The minimum absolute atomic E-state index is 0.141. The number of likely N-dealkylation sites (N-methyl/N-ethyl adjacent to an activating group) is 1. The molecule has 1 aliphatic heterocycles. The SMILES string of the molecule is CN(C(=O)C(F)(F)F)C1CC1c1cccc2c1OCCO2. The number of halogens is 3. The first-order valence-corrected chi connectivity index (χ1v) is 6.62. The number of hydrogen-bond acceptors (Lipinski definition) is 3. The minimum atomic E-state index is -4.84. The Labute approximate surface area is 119 Å². The molecule has 4 nitrogen and oxygen atoms in total. The summed E-state index contributed by atoms with van der Waals surface area (Å²) in [5.41, 5.74) is 0.805. The molecule has 7 heteroatoms. The van der Waals surface area contributed by atoms with Crippen molar-refractivity contribution in [2.75, 3.05) is 20.3 Å². The normalized spacial score (nSPS) is 23.6. The minimum Gasteiger partial charge on any atom is -0.486 e. The van der Waals surface area contributed by atoms with Crippen molar-refractivity contribution < 1.29 is 27.4 Å². The second-order valence-electron chi connectivity index (χ2n) is 5.19. The topological polar surface area (TPSA) is 38.8 Å². The third kappa shape index (κ3) is 2.52. The molecule has 0 N–H and O–H groups in total. The highest BCUT2D eigenvalue weighted by molar-refractivity contribution is 5.82. The van der Waals surface area contributed by atoms with Gasteiger partial charge in [-0.15, -0.1) is 0 Å². The van der Waals surface area contributed by atoms with Crippen LogP contribution in [-0.4, -0.2) is 43.3 Å². The Bertz CT molecular complexity index is 573. The summed E-state index contributed by atoms with van der Waals surface area (Å²) in [6, 6.07) is 4.91. The molecule has 2 unspecified atom stereocenters. The van der Waals surface area contributed by atoms with Crippen molar-refractivity contribution in [3.8, 4) is 11.5 Å². The van der Waals surface area contributed by atoms with Gasteiger partial charge in [0, 0.05) is 24.6 Å². The van der Waals surface area contributed by atoms with E-state index in [0.29, 0.717) is 31.1 Å². The van der Waals surface area contributed by atoms with E-state index >= 15 is 0 Å².